The summed E-state index contributed by atoms with van der Waals surface area (Å²) in [6, 6.07) is 7.25. The molecule has 0 unspecified atom stereocenters. The summed E-state index contributed by atoms with van der Waals surface area (Å²) < 4.78 is 19.5. The number of halogens is 1. The summed E-state index contributed by atoms with van der Waals surface area (Å²) >= 11 is 0. The number of rotatable bonds is 2. The molecule has 130 valence electrons. The van der Waals surface area contributed by atoms with Crippen molar-refractivity contribution in [2.45, 2.75) is 25.0 Å². The fraction of sp³-hybridized carbons (Fsp3) is 0.611. The van der Waals surface area contributed by atoms with Crippen LogP contribution >= 0.6 is 0 Å². The largest absolute Gasteiger partial charge is 0.378 e. The lowest BCUT2D eigenvalue weighted by atomic mass is 9.82. The number of carbonyl (C=O) groups excluding carboxylic acids is 1. The molecule has 6 heteroatoms. The second kappa shape index (κ2) is 6.10. The molecule has 3 aliphatic heterocycles. The van der Waals surface area contributed by atoms with Gasteiger partial charge in [-0.2, -0.15) is 0 Å². The zero-order valence-electron chi connectivity index (χ0n) is 14.1. The van der Waals surface area contributed by atoms with Gasteiger partial charge in [-0.1, -0.05) is 18.2 Å². The molecule has 24 heavy (non-hydrogen) atoms. The Hall–Kier alpha value is -1.50. The van der Waals surface area contributed by atoms with Crippen molar-refractivity contribution >= 4 is 5.91 Å². The highest BCUT2D eigenvalue weighted by molar-refractivity contribution is 5.73. The van der Waals surface area contributed by atoms with Gasteiger partial charge in [0.2, 0.25) is 5.91 Å². The number of hydrogen-bond acceptors (Lipinski definition) is 4. The summed E-state index contributed by atoms with van der Waals surface area (Å²) in [5, 5.41) is 0. The quantitative estimate of drug-likeness (QED) is 0.807. The summed E-state index contributed by atoms with van der Waals surface area (Å²) in [5.74, 6) is -0.0103. The lowest BCUT2D eigenvalue weighted by Gasteiger charge is -2.63. The molecule has 0 radical (unpaired) electrons. The summed E-state index contributed by atoms with van der Waals surface area (Å²) in [5.41, 5.74) is 0.744. The minimum atomic E-state index is -0.142. The van der Waals surface area contributed by atoms with Crippen LogP contribution in [0.25, 0.3) is 0 Å². The first-order chi connectivity index (χ1) is 11.6. The monoisotopic (exact) mass is 333 g/mol. The Bertz CT molecular complexity index is 632. The summed E-state index contributed by atoms with van der Waals surface area (Å²) in [7, 11) is 0. The molecule has 1 amide bonds. The highest BCUT2D eigenvalue weighted by Crippen LogP contribution is 2.36. The maximum atomic E-state index is 13.9. The van der Waals surface area contributed by atoms with Crippen LogP contribution in [0.1, 0.15) is 12.5 Å². The first kappa shape index (κ1) is 16.0. The van der Waals surface area contributed by atoms with Crippen LogP contribution in [0, 0.1) is 5.82 Å². The van der Waals surface area contributed by atoms with Crippen LogP contribution in [-0.2, 0) is 16.1 Å². The summed E-state index contributed by atoms with van der Waals surface area (Å²) in [6.45, 7) is 7.92. The second-order valence-corrected chi connectivity index (χ2v) is 7.28. The lowest BCUT2D eigenvalue weighted by Crippen LogP contribution is -2.80. The number of carbonyl (C=O) groups is 1. The predicted molar refractivity (Wildman–Crippen MR) is 88.0 cm³/mol. The van der Waals surface area contributed by atoms with Crippen molar-refractivity contribution in [3.8, 4) is 0 Å². The second-order valence-electron chi connectivity index (χ2n) is 7.28. The summed E-state index contributed by atoms with van der Waals surface area (Å²) in [4.78, 5) is 18.7. The Morgan fingerprint density at radius 3 is 2.88 bits per heavy atom. The molecule has 0 N–H and O–H groups in total. The number of ether oxygens (including phenoxy) is 1. The smallest absolute Gasteiger partial charge is 0.219 e. The molecule has 1 spiro atoms. The molecule has 0 bridgehead atoms. The number of fused-ring (bicyclic) bond motifs is 2. The molecular formula is C18H24FN3O2. The Labute approximate surface area is 142 Å². The zero-order chi connectivity index (χ0) is 16.7. The topological polar surface area (TPSA) is 36.0 Å². The standard InChI is InChI=1S/C18H24FN3O2/c1-14(23)21-9-16-10-24-7-6-22(16)18(13-21)11-20(12-18)8-15-4-2-3-5-17(15)19/h2-5,16H,6-13H2,1H3/t16-/m1/s1. The van der Waals surface area contributed by atoms with Gasteiger partial charge in [-0.15, -0.1) is 0 Å². The highest BCUT2D eigenvalue weighted by atomic mass is 19.1. The normalized spacial score (nSPS) is 26.9. The van der Waals surface area contributed by atoms with Crippen molar-refractivity contribution in [3.63, 3.8) is 0 Å². The van der Waals surface area contributed by atoms with Gasteiger partial charge in [0.1, 0.15) is 5.82 Å². The molecule has 0 aromatic heterocycles. The van der Waals surface area contributed by atoms with E-state index in [9.17, 15) is 9.18 Å². The maximum absolute atomic E-state index is 13.9. The van der Waals surface area contributed by atoms with Crippen LogP contribution in [-0.4, -0.2) is 78.1 Å². The molecule has 3 aliphatic rings. The van der Waals surface area contributed by atoms with Gasteiger partial charge >= 0.3 is 0 Å². The van der Waals surface area contributed by atoms with E-state index < -0.39 is 0 Å². The average molecular weight is 333 g/mol. The third-order valence-corrected chi connectivity index (χ3v) is 5.59. The third kappa shape index (κ3) is 2.72. The third-order valence-electron chi connectivity index (χ3n) is 5.59. The molecule has 4 rings (SSSR count). The molecule has 1 aromatic carbocycles. The van der Waals surface area contributed by atoms with Crippen molar-refractivity contribution in [2.75, 3.05) is 45.9 Å². The van der Waals surface area contributed by atoms with Gasteiger partial charge in [-0.3, -0.25) is 14.6 Å². The van der Waals surface area contributed by atoms with E-state index in [1.807, 2.05) is 17.0 Å². The van der Waals surface area contributed by atoms with Crippen LogP contribution in [0.3, 0.4) is 0 Å². The van der Waals surface area contributed by atoms with E-state index in [1.165, 1.54) is 6.07 Å². The van der Waals surface area contributed by atoms with Gasteiger partial charge in [-0.05, 0) is 6.07 Å². The van der Waals surface area contributed by atoms with E-state index in [-0.39, 0.29) is 23.3 Å². The molecule has 0 saturated carbocycles. The minimum absolute atomic E-state index is 0.00359. The molecule has 5 nitrogen and oxygen atoms in total. The SMILES string of the molecule is CC(=O)N1C[C@@H]2COCCN2C2(CN(Cc3ccccc3F)C2)C1. The average Bonchev–Trinajstić information content (AvgIpc) is 2.55. The van der Waals surface area contributed by atoms with Crippen LogP contribution in [0.15, 0.2) is 24.3 Å². The van der Waals surface area contributed by atoms with Crippen LogP contribution in [0.4, 0.5) is 4.39 Å². The lowest BCUT2D eigenvalue weighted by molar-refractivity contribution is -0.175. The maximum Gasteiger partial charge on any atom is 0.219 e. The fourth-order valence-corrected chi connectivity index (χ4v) is 4.48. The van der Waals surface area contributed by atoms with Crippen molar-refractivity contribution in [1.29, 1.82) is 0 Å². The first-order valence-electron chi connectivity index (χ1n) is 8.63. The molecule has 3 fully saturated rings. The van der Waals surface area contributed by atoms with Crippen LogP contribution in [0.5, 0.6) is 0 Å². The molecule has 0 aliphatic carbocycles. The summed E-state index contributed by atoms with van der Waals surface area (Å²) in [6.07, 6.45) is 0. The molecule has 3 saturated heterocycles. The number of amides is 1. The highest BCUT2D eigenvalue weighted by Gasteiger charge is 2.54. The number of morpholine rings is 1. The van der Waals surface area contributed by atoms with E-state index >= 15 is 0 Å². The van der Waals surface area contributed by atoms with Crippen molar-refractivity contribution in [3.05, 3.63) is 35.6 Å². The predicted octanol–water partition coefficient (Wildman–Crippen LogP) is 0.943. The van der Waals surface area contributed by atoms with E-state index in [4.69, 9.17) is 4.74 Å². The van der Waals surface area contributed by atoms with E-state index in [0.717, 1.165) is 44.9 Å². The van der Waals surface area contributed by atoms with Gasteiger partial charge in [0.05, 0.1) is 24.8 Å². The molecular weight excluding hydrogens is 309 g/mol. The first-order valence-corrected chi connectivity index (χ1v) is 8.63. The van der Waals surface area contributed by atoms with Crippen molar-refractivity contribution in [2.24, 2.45) is 0 Å². The number of nitrogens with zero attached hydrogens (tertiary/aromatic N) is 3. The Kier molecular flexibility index (Phi) is 4.06. The zero-order valence-corrected chi connectivity index (χ0v) is 14.1. The van der Waals surface area contributed by atoms with Crippen molar-refractivity contribution in [1.82, 2.24) is 14.7 Å². The minimum Gasteiger partial charge on any atom is -0.378 e. The Morgan fingerprint density at radius 2 is 2.12 bits per heavy atom. The van der Waals surface area contributed by atoms with Gasteiger partial charge < -0.3 is 9.64 Å². The number of likely N-dealkylation sites (tertiary alicyclic amines) is 1. The van der Waals surface area contributed by atoms with Crippen molar-refractivity contribution < 1.29 is 13.9 Å². The fourth-order valence-electron chi connectivity index (χ4n) is 4.48. The van der Waals surface area contributed by atoms with E-state index in [2.05, 4.69) is 9.80 Å². The van der Waals surface area contributed by atoms with Gasteiger partial charge in [0.25, 0.3) is 0 Å². The van der Waals surface area contributed by atoms with Crippen LogP contribution in [0.2, 0.25) is 0 Å². The molecule has 3 heterocycles. The van der Waals surface area contributed by atoms with Gasteiger partial charge in [0, 0.05) is 51.8 Å². The number of hydrogen-bond donors (Lipinski definition) is 0. The van der Waals surface area contributed by atoms with Gasteiger partial charge in [0.15, 0.2) is 0 Å². The van der Waals surface area contributed by atoms with Gasteiger partial charge in [-0.25, -0.2) is 4.39 Å². The van der Waals surface area contributed by atoms with E-state index in [1.54, 1.807) is 13.0 Å². The Balaban J connectivity index is 1.48. The van der Waals surface area contributed by atoms with E-state index in [0.29, 0.717) is 13.2 Å². The number of benzene rings is 1. The van der Waals surface area contributed by atoms with Crippen LogP contribution < -0.4 is 0 Å². The molecule has 1 atom stereocenters. The number of piperazine rings is 1. The Morgan fingerprint density at radius 1 is 1.33 bits per heavy atom. The molecule has 1 aromatic rings.